The Balaban J connectivity index is 3.11. The second-order valence-corrected chi connectivity index (χ2v) is 3.64. The van der Waals surface area contributed by atoms with Crippen molar-refractivity contribution in [2.24, 2.45) is 19.8 Å². The Morgan fingerprint density at radius 1 is 1.53 bits per heavy atom. The monoisotopic (exact) mass is 233 g/mol. The molecule has 7 heteroatoms. The highest BCUT2D eigenvalue weighted by Gasteiger charge is 2.19. The third-order valence-electron chi connectivity index (χ3n) is 2.24. The van der Waals surface area contributed by atoms with Crippen molar-refractivity contribution < 1.29 is 9.90 Å². The summed E-state index contributed by atoms with van der Waals surface area (Å²) in [6.07, 6.45) is 0.0285. The summed E-state index contributed by atoms with van der Waals surface area (Å²) in [6, 6.07) is -1.06. The van der Waals surface area contributed by atoms with Crippen LogP contribution in [0.4, 0.5) is 0 Å². The van der Waals surface area contributed by atoms with Crippen LogP contribution in [0.3, 0.4) is 0 Å². The number of carboxylic acids is 1. The highest BCUT2D eigenvalue weighted by Crippen LogP contribution is 2.14. The normalized spacial score (nSPS) is 12.8. The zero-order chi connectivity index (χ0) is 11.7. The van der Waals surface area contributed by atoms with E-state index in [2.05, 4.69) is 0 Å². The first-order chi connectivity index (χ1) is 6.86. The lowest BCUT2D eigenvalue weighted by atomic mass is 10.2. The summed E-state index contributed by atoms with van der Waals surface area (Å²) in [5.41, 5.74) is 5.49. The number of imidazole rings is 1. The standard InChI is InChI=1S/C8H12ClN3O3/c1-11-5(3-4(10)7(13)14)6(9)12(2)8(11)15/h4H,3,10H2,1-2H3,(H,13,14). The molecule has 0 fully saturated rings. The lowest BCUT2D eigenvalue weighted by Crippen LogP contribution is -2.33. The number of rotatable bonds is 3. The van der Waals surface area contributed by atoms with Gasteiger partial charge in [-0.25, -0.2) is 4.79 Å². The van der Waals surface area contributed by atoms with Crippen molar-refractivity contribution in [2.75, 3.05) is 0 Å². The Morgan fingerprint density at radius 3 is 2.40 bits per heavy atom. The average Bonchev–Trinajstić information content (AvgIpc) is 2.35. The van der Waals surface area contributed by atoms with Gasteiger partial charge in [-0.1, -0.05) is 11.6 Å². The number of nitrogens with two attached hydrogens (primary N) is 1. The lowest BCUT2D eigenvalue weighted by molar-refractivity contribution is -0.138. The highest BCUT2D eigenvalue weighted by atomic mass is 35.5. The van der Waals surface area contributed by atoms with E-state index in [0.29, 0.717) is 5.69 Å². The van der Waals surface area contributed by atoms with Crippen molar-refractivity contribution in [2.45, 2.75) is 12.5 Å². The van der Waals surface area contributed by atoms with Crippen molar-refractivity contribution in [1.29, 1.82) is 0 Å². The molecule has 1 heterocycles. The fraction of sp³-hybridized carbons (Fsp3) is 0.500. The quantitative estimate of drug-likeness (QED) is 0.725. The molecule has 15 heavy (non-hydrogen) atoms. The Labute approximate surface area is 90.9 Å². The van der Waals surface area contributed by atoms with Gasteiger partial charge in [0.1, 0.15) is 11.2 Å². The predicted molar refractivity (Wildman–Crippen MR) is 55.0 cm³/mol. The first-order valence-corrected chi connectivity index (χ1v) is 4.62. The van der Waals surface area contributed by atoms with Gasteiger partial charge in [-0.2, -0.15) is 0 Å². The summed E-state index contributed by atoms with van der Waals surface area (Å²) in [4.78, 5) is 22.0. The van der Waals surface area contributed by atoms with Gasteiger partial charge in [0.2, 0.25) is 0 Å². The number of hydrogen-bond donors (Lipinski definition) is 2. The van der Waals surface area contributed by atoms with Crippen LogP contribution in [0.25, 0.3) is 0 Å². The number of halogens is 1. The van der Waals surface area contributed by atoms with Crippen molar-refractivity contribution >= 4 is 17.6 Å². The molecule has 3 N–H and O–H groups in total. The van der Waals surface area contributed by atoms with Gasteiger partial charge in [-0.15, -0.1) is 0 Å². The Hall–Kier alpha value is -1.27. The largest absolute Gasteiger partial charge is 0.480 e. The van der Waals surface area contributed by atoms with E-state index in [1.807, 2.05) is 0 Å². The molecule has 1 atom stereocenters. The first kappa shape index (κ1) is 11.8. The molecule has 0 aromatic carbocycles. The van der Waals surface area contributed by atoms with E-state index in [1.165, 1.54) is 23.2 Å². The topological polar surface area (TPSA) is 90.2 Å². The molecule has 0 aliphatic heterocycles. The number of carboxylic acid groups (broad SMARTS) is 1. The van der Waals surface area contributed by atoms with Crippen LogP contribution < -0.4 is 11.4 Å². The van der Waals surface area contributed by atoms with Gasteiger partial charge >= 0.3 is 11.7 Å². The zero-order valence-electron chi connectivity index (χ0n) is 8.40. The van der Waals surface area contributed by atoms with E-state index in [1.54, 1.807) is 0 Å². The second-order valence-electron chi connectivity index (χ2n) is 3.29. The van der Waals surface area contributed by atoms with Crippen LogP contribution in [0, 0.1) is 0 Å². The molecule has 6 nitrogen and oxygen atoms in total. The predicted octanol–water partition coefficient (Wildman–Crippen LogP) is -0.668. The highest BCUT2D eigenvalue weighted by molar-refractivity contribution is 6.30. The second kappa shape index (κ2) is 4.08. The van der Waals surface area contributed by atoms with Crippen molar-refractivity contribution in [3.8, 4) is 0 Å². The SMILES string of the molecule is Cn1c(Cl)c(CC(N)C(=O)O)n(C)c1=O. The summed E-state index contributed by atoms with van der Waals surface area (Å²) in [5, 5.41) is 8.86. The molecule has 1 rings (SSSR count). The number of aromatic nitrogens is 2. The average molecular weight is 234 g/mol. The number of nitrogens with zero attached hydrogens (tertiary/aromatic N) is 2. The summed E-state index contributed by atoms with van der Waals surface area (Å²) < 4.78 is 2.54. The van der Waals surface area contributed by atoms with E-state index < -0.39 is 12.0 Å². The molecule has 84 valence electrons. The Bertz CT molecular complexity index is 449. The minimum absolute atomic E-state index is 0.0285. The van der Waals surface area contributed by atoms with E-state index in [0.717, 1.165) is 0 Å². The number of aliphatic carboxylic acids is 1. The van der Waals surface area contributed by atoms with Gasteiger partial charge < -0.3 is 10.8 Å². The van der Waals surface area contributed by atoms with Gasteiger partial charge in [-0.05, 0) is 0 Å². The van der Waals surface area contributed by atoms with Gasteiger partial charge in [-0.3, -0.25) is 13.9 Å². The molecule has 1 aromatic heterocycles. The molecule has 0 saturated heterocycles. The molecule has 0 amide bonds. The first-order valence-electron chi connectivity index (χ1n) is 4.24. The molecule has 0 saturated carbocycles. The van der Waals surface area contributed by atoms with E-state index >= 15 is 0 Å². The molecule has 1 aromatic rings. The fourth-order valence-corrected chi connectivity index (χ4v) is 1.55. The summed E-state index contributed by atoms with van der Waals surface area (Å²) >= 11 is 5.86. The number of carbonyl (C=O) groups is 1. The summed E-state index contributed by atoms with van der Waals surface area (Å²) in [6.45, 7) is 0. The third-order valence-corrected chi connectivity index (χ3v) is 2.71. The smallest absolute Gasteiger partial charge is 0.329 e. The molecular formula is C8H12ClN3O3. The van der Waals surface area contributed by atoms with Crippen molar-refractivity contribution in [1.82, 2.24) is 9.13 Å². The van der Waals surface area contributed by atoms with Crippen LogP contribution in [0.2, 0.25) is 5.15 Å². The molecule has 0 radical (unpaired) electrons. The molecule has 1 unspecified atom stereocenters. The van der Waals surface area contributed by atoms with Crippen LogP contribution in [0.15, 0.2) is 4.79 Å². The number of hydrogen-bond acceptors (Lipinski definition) is 3. The Kier molecular flexibility index (Phi) is 3.21. The van der Waals surface area contributed by atoms with Crippen LogP contribution in [-0.4, -0.2) is 26.3 Å². The van der Waals surface area contributed by atoms with E-state index in [9.17, 15) is 9.59 Å². The van der Waals surface area contributed by atoms with Crippen LogP contribution in [0.5, 0.6) is 0 Å². The molecule has 0 aliphatic rings. The molecule has 0 spiro atoms. The van der Waals surface area contributed by atoms with Gasteiger partial charge in [0.25, 0.3) is 0 Å². The molecular weight excluding hydrogens is 222 g/mol. The van der Waals surface area contributed by atoms with Crippen molar-refractivity contribution in [3.63, 3.8) is 0 Å². The van der Waals surface area contributed by atoms with Crippen LogP contribution in [0.1, 0.15) is 5.69 Å². The summed E-state index contributed by atoms with van der Waals surface area (Å²) in [5.74, 6) is -1.12. The Morgan fingerprint density at radius 2 is 2.07 bits per heavy atom. The maximum absolute atomic E-state index is 11.4. The maximum atomic E-state index is 11.4. The van der Waals surface area contributed by atoms with Crippen LogP contribution in [-0.2, 0) is 25.3 Å². The minimum Gasteiger partial charge on any atom is -0.480 e. The van der Waals surface area contributed by atoms with Crippen LogP contribution >= 0.6 is 11.6 Å². The molecule has 0 bridgehead atoms. The van der Waals surface area contributed by atoms with Gasteiger partial charge in [0, 0.05) is 20.5 Å². The zero-order valence-corrected chi connectivity index (χ0v) is 9.15. The molecule has 0 aliphatic carbocycles. The third kappa shape index (κ3) is 2.05. The lowest BCUT2D eigenvalue weighted by Gasteiger charge is -2.06. The van der Waals surface area contributed by atoms with Gasteiger partial charge in [0.15, 0.2) is 0 Å². The van der Waals surface area contributed by atoms with E-state index in [-0.39, 0.29) is 17.3 Å². The maximum Gasteiger partial charge on any atom is 0.329 e. The minimum atomic E-state index is -1.12. The van der Waals surface area contributed by atoms with Crippen molar-refractivity contribution in [3.05, 3.63) is 21.3 Å². The summed E-state index contributed by atoms with van der Waals surface area (Å²) in [7, 11) is 3.04. The fourth-order valence-electron chi connectivity index (χ4n) is 1.27. The van der Waals surface area contributed by atoms with E-state index in [4.69, 9.17) is 22.4 Å². The van der Waals surface area contributed by atoms with Gasteiger partial charge in [0.05, 0.1) is 5.69 Å².